The molecule has 1 aromatic heterocycles. The molecule has 0 aliphatic carbocycles. The Bertz CT molecular complexity index is 849. The van der Waals surface area contributed by atoms with E-state index in [4.69, 9.17) is 4.74 Å². The number of nitrogens with zero attached hydrogens (tertiary/aromatic N) is 1. The molecule has 0 aliphatic rings. The quantitative estimate of drug-likeness (QED) is 0.790. The highest BCUT2D eigenvalue weighted by molar-refractivity contribution is 6.04. The molecule has 0 saturated heterocycles. The number of aromatic carboxylic acids is 1. The summed E-state index contributed by atoms with van der Waals surface area (Å²) in [7, 11) is 1.63. The summed E-state index contributed by atoms with van der Waals surface area (Å²) in [4.78, 5) is 11.5. The van der Waals surface area contributed by atoms with Gasteiger partial charge in [-0.25, -0.2) is 4.79 Å². The highest BCUT2D eigenvalue weighted by Gasteiger charge is 2.15. The molecule has 4 nitrogen and oxygen atoms in total. The first-order chi connectivity index (χ1) is 10.7. The zero-order chi connectivity index (χ0) is 15.7. The van der Waals surface area contributed by atoms with Crippen molar-refractivity contribution >= 4 is 16.9 Å². The highest BCUT2D eigenvalue weighted by Crippen LogP contribution is 2.33. The predicted molar refractivity (Wildman–Crippen MR) is 86.6 cm³/mol. The maximum Gasteiger partial charge on any atom is 0.337 e. The monoisotopic (exact) mass is 295 g/mol. The molecule has 0 amide bonds. The largest absolute Gasteiger partial charge is 0.496 e. The molecule has 0 saturated carbocycles. The van der Waals surface area contributed by atoms with E-state index in [1.54, 1.807) is 13.3 Å². The minimum Gasteiger partial charge on any atom is -0.496 e. The third-order valence-electron chi connectivity index (χ3n) is 3.87. The summed E-state index contributed by atoms with van der Waals surface area (Å²) in [5.41, 5.74) is 3.15. The van der Waals surface area contributed by atoms with Crippen LogP contribution in [0.5, 0.6) is 5.75 Å². The van der Waals surface area contributed by atoms with Crippen LogP contribution in [0.25, 0.3) is 22.0 Å². The Labute approximate surface area is 128 Å². The molecule has 3 aromatic rings. The lowest BCUT2D eigenvalue weighted by molar-refractivity contribution is 0.0699. The Morgan fingerprint density at radius 3 is 2.68 bits per heavy atom. The lowest BCUT2D eigenvalue weighted by Crippen LogP contribution is -1.94. The van der Waals surface area contributed by atoms with Crippen LogP contribution in [0, 0.1) is 0 Å². The Hall–Kier alpha value is -2.75. The lowest BCUT2D eigenvalue weighted by Gasteiger charge is -2.09. The number of rotatable bonds is 4. The molecule has 0 radical (unpaired) electrons. The standard InChI is InChI=1S/C18H17NO3/c1-3-19-11-15(18(20)21)14-10-12(8-9-16(14)19)13-6-4-5-7-17(13)22-2/h4-11H,3H2,1-2H3,(H,20,21). The second kappa shape index (κ2) is 5.56. The number of carboxylic acids is 1. The molecular formula is C18H17NO3. The van der Waals surface area contributed by atoms with E-state index in [0.29, 0.717) is 5.56 Å². The molecule has 0 spiro atoms. The second-order valence-corrected chi connectivity index (χ2v) is 5.07. The normalized spacial score (nSPS) is 10.8. The number of para-hydroxylation sites is 1. The molecule has 0 unspecified atom stereocenters. The minimum absolute atomic E-state index is 0.327. The summed E-state index contributed by atoms with van der Waals surface area (Å²) < 4.78 is 7.34. The molecule has 0 bridgehead atoms. The summed E-state index contributed by atoms with van der Waals surface area (Å²) in [5.74, 6) is -0.136. The van der Waals surface area contributed by atoms with Gasteiger partial charge in [0.05, 0.1) is 12.7 Å². The number of aryl methyl sites for hydroxylation is 1. The van der Waals surface area contributed by atoms with Crippen molar-refractivity contribution in [2.24, 2.45) is 0 Å². The van der Waals surface area contributed by atoms with Crippen LogP contribution in [0.3, 0.4) is 0 Å². The number of fused-ring (bicyclic) bond motifs is 1. The summed E-state index contributed by atoms with van der Waals surface area (Å²) in [6.07, 6.45) is 1.69. The van der Waals surface area contributed by atoms with Crippen LogP contribution in [-0.2, 0) is 6.54 Å². The topological polar surface area (TPSA) is 51.5 Å². The van der Waals surface area contributed by atoms with Crippen molar-refractivity contribution in [2.45, 2.75) is 13.5 Å². The number of hydrogen-bond donors (Lipinski definition) is 1. The molecule has 2 aromatic carbocycles. The van der Waals surface area contributed by atoms with Gasteiger partial charge >= 0.3 is 5.97 Å². The van der Waals surface area contributed by atoms with Crippen molar-refractivity contribution in [3.05, 3.63) is 54.2 Å². The fourth-order valence-corrected chi connectivity index (χ4v) is 2.78. The second-order valence-electron chi connectivity index (χ2n) is 5.07. The van der Waals surface area contributed by atoms with Crippen LogP contribution >= 0.6 is 0 Å². The van der Waals surface area contributed by atoms with Crippen LogP contribution in [0.4, 0.5) is 0 Å². The molecule has 1 N–H and O–H groups in total. The molecule has 4 heteroatoms. The molecule has 22 heavy (non-hydrogen) atoms. The van der Waals surface area contributed by atoms with Crippen LogP contribution < -0.4 is 4.74 Å². The Balaban J connectivity index is 2.25. The number of methoxy groups -OCH3 is 1. The third kappa shape index (κ3) is 2.22. The average Bonchev–Trinajstić information content (AvgIpc) is 2.93. The van der Waals surface area contributed by atoms with Crippen molar-refractivity contribution in [1.82, 2.24) is 4.57 Å². The van der Waals surface area contributed by atoms with E-state index in [1.807, 2.05) is 54.0 Å². The van der Waals surface area contributed by atoms with Crippen molar-refractivity contribution in [2.75, 3.05) is 7.11 Å². The molecule has 0 aliphatic heterocycles. The van der Waals surface area contributed by atoms with Crippen LogP contribution in [0.1, 0.15) is 17.3 Å². The lowest BCUT2D eigenvalue weighted by atomic mass is 10.0. The number of aromatic nitrogens is 1. The van der Waals surface area contributed by atoms with Crippen molar-refractivity contribution in [3.8, 4) is 16.9 Å². The fraction of sp³-hybridized carbons (Fsp3) is 0.167. The van der Waals surface area contributed by atoms with Gasteiger partial charge in [-0.15, -0.1) is 0 Å². The van der Waals surface area contributed by atoms with Gasteiger partial charge in [-0.3, -0.25) is 0 Å². The zero-order valence-corrected chi connectivity index (χ0v) is 12.5. The van der Waals surface area contributed by atoms with E-state index in [0.717, 1.165) is 34.3 Å². The molecule has 0 fully saturated rings. The number of benzene rings is 2. The van der Waals surface area contributed by atoms with Crippen LogP contribution in [0.2, 0.25) is 0 Å². The summed E-state index contributed by atoms with van der Waals surface area (Å²) in [6, 6.07) is 13.6. The van der Waals surface area contributed by atoms with Crippen LogP contribution in [0.15, 0.2) is 48.7 Å². The molecule has 1 heterocycles. The van der Waals surface area contributed by atoms with Gasteiger partial charge < -0.3 is 14.4 Å². The molecular weight excluding hydrogens is 278 g/mol. The summed E-state index contributed by atoms with van der Waals surface area (Å²) in [5, 5.41) is 10.2. The third-order valence-corrected chi connectivity index (χ3v) is 3.87. The van der Waals surface area contributed by atoms with Gasteiger partial charge in [0.25, 0.3) is 0 Å². The summed E-state index contributed by atoms with van der Waals surface area (Å²) in [6.45, 7) is 2.73. The maximum atomic E-state index is 11.5. The highest BCUT2D eigenvalue weighted by atomic mass is 16.5. The Morgan fingerprint density at radius 2 is 2.00 bits per heavy atom. The molecule has 3 rings (SSSR count). The van der Waals surface area contributed by atoms with Crippen molar-refractivity contribution in [3.63, 3.8) is 0 Å². The Morgan fingerprint density at radius 1 is 1.23 bits per heavy atom. The first-order valence-electron chi connectivity index (χ1n) is 7.15. The van der Waals surface area contributed by atoms with Gasteiger partial charge in [-0.1, -0.05) is 24.3 Å². The minimum atomic E-state index is -0.908. The van der Waals surface area contributed by atoms with E-state index >= 15 is 0 Å². The van der Waals surface area contributed by atoms with Crippen molar-refractivity contribution < 1.29 is 14.6 Å². The van der Waals surface area contributed by atoms with E-state index < -0.39 is 5.97 Å². The number of ether oxygens (including phenoxy) is 1. The van der Waals surface area contributed by atoms with Gasteiger partial charge in [-0.2, -0.15) is 0 Å². The summed E-state index contributed by atoms with van der Waals surface area (Å²) >= 11 is 0. The zero-order valence-electron chi connectivity index (χ0n) is 12.5. The first kappa shape index (κ1) is 14.2. The maximum absolute atomic E-state index is 11.5. The number of hydrogen-bond acceptors (Lipinski definition) is 2. The predicted octanol–water partition coefficient (Wildman–Crippen LogP) is 4.04. The molecule has 112 valence electrons. The van der Waals surface area contributed by atoms with Crippen LogP contribution in [-0.4, -0.2) is 22.8 Å². The van der Waals surface area contributed by atoms with Gasteiger partial charge in [0.2, 0.25) is 0 Å². The first-order valence-corrected chi connectivity index (χ1v) is 7.15. The smallest absolute Gasteiger partial charge is 0.337 e. The van der Waals surface area contributed by atoms with E-state index in [9.17, 15) is 9.90 Å². The van der Waals surface area contributed by atoms with Gasteiger partial charge in [0.1, 0.15) is 5.75 Å². The molecule has 0 atom stereocenters. The SMILES string of the molecule is CCn1cc(C(=O)O)c2cc(-c3ccccc3OC)ccc21. The fourth-order valence-electron chi connectivity index (χ4n) is 2.78. The van der Waals surface area contributed by atoms with E-state index in [1.165, 1.54) is 0 Å². The number of carbonyl (C=O) groups is 1. The van der Waals surface area contributed by atoms with Gasteiger partial charge in [0.15, 0.2) is 0 Å². The van der Waals surface area contributed by atoms with Gasteiger partial charge in [0, 0.05) is 29.2 Å². The van der Waals surface area contributed by atoms with Crippen molar-refractivity contribution in [1.29, 1.82) is 0 Å². The van der Waals surface area contributed by atoms with E-state index in [-0.39, 0.29) is 0 Å². The number of carboxylic acid groups (broad SMARTS) is 1. The average molecular weight is 295 g/mol. The van der Waals surface area contributed by atoms with E-state index in [2.05, 4.69) is 0 Å². The van der Waals surface area contributed by atoms with Gasteiger partial charge in [-0.05, 0) is 30.7 Å². The Kier molecular flexibility index (Phi) is 3.59.